The number of fused-ring (bicyclic) bond motifs is 1. The first-order valence-corrected chi connectivity index (χ1v) is 8.71. The van der Waals surface area contributed by atoms with Gasteiger partial charge in [0.2, 0.25) is 18.6 Å². The number of benzene rings is 1. The summed E-state index contributed by atoms with van der Waals surface area (Å²) < 4.78 is 16.0. The van der Waals surface area contributed by atoms with Gasteiger partial charge in [-0.25, -0.2) is 0 Å². The van der Waals surface area contributed by atoms with E-state index in [9.17, 15) is 9.59 Å². The van der Waals surface area contributed by atoms with E-state index >= 15 is 0 Å². The van der Waals surface area contributed by atoms with E-state index in [1.165, 1.54) is 0 Å². The average Bonchev–Trinajstić information content (AvgIpc) is 3.27. The predicted molar refractivity (Wildman–Crippen MR) is 88.1 cm³/mol. The SMILES string of the molecule is O=C(C[C@@H]1CCOC1)N1CCN(Cc2ccc3c(c2)OCO3)C(=O)C1. The second-order valence-electron chi connectivity index (χ2n) is 6.75. The standard InChI is InChI=1S/C18H22N2O5/c21-17(8-14-3-6-23-11-14)20-5-4-19(18(22)10-20)9-13-1-2-15-16(7-13)25-12-24-15/h1-2,7,14H,3-6,8-12H2/t14-/m0/s1. The number of rotatable bonds is 4. The molecule has 7 heteroatoms. The zero-order valence-electron chi connectivity index (χ0n) is 14.1. The summed E-state index contributed by atoms with van der Waals surface area (Å²) in [5, 5.41) is 0. The van der Waals surface area contributed by atoms with Crippen molar-refractivity contribution in [1.29, 1.82) is 0 Å². The fourth-order valence-electron chi connectivity index (χ4n) is 3.47. The number of ether oxygens (including phenoxy) is 3. The topological polar surface area (TPSA) is 68.3 Å². The van der Waals surface area contributed by atoms with Crippen molar-refractivity contribution in [3.63, 3.8) is 0 Å². The molecule has 0 unspecified atom stereocenters. The summed E-state index contributed by atoms with van der Waals surface area (Å²) in [5.41, 5.74) is 1.00. The van der Waals surface area contributed by atoms with E-state index in [1.54, 1.807) is 9.80 Å². The van der Waals surface area contributed by atoms with Gasteiger partial charge in [0.25, 0.3) is 0 Å². The summed E-state index contributed by atoms with van der Waals surface area (Å²) in [6.45, 7) is 3.46. The third-order valence-electron chi connectivity index (χ3n) is 4.97. The van der Waals surface area contributed by atoms with Crippen LogP contribution in [0.15, 0.2) is 18.2 Å². The molecule has 3 aliphatic rings. The quantitative estimate of drug-likeness (QED) is 0.814. The van der Waals surface area contributed by atoms with Crippen LogP contribution in [-0.4, -0.2) is 61.3 Å². The lowest BCUT2D eigenvalue weighted by molar-refractivity contribution is -0.146. The molecule has 1 atom stereocenters. The van der Waals surface area contributed by atoms with E-state index in [4.69, 9.17) is 14.2 Å². The molecule has 134 valence electrons. The minimum atomic E-state index is -0.0139. The van der Waals surface area contributed by atoms with E-state index in [-0.39, 0.29) is 25.2 Å². The van der Waals surface area contributed by atoms with Crippen molar-refractivity contribution in [1.82, 2.24) is 9.80 Å². The summed E-state index contributed by atoms with van der Waals surface area (Å²) in [4.78, 5) is 28.3. The fourth-order valence-corrected chi connectivity index (χ4v) is 3.47. The highest BCUT2D eigenvalue weighted by Crippen LogP contribution is 2.33. The van der Waals surface area contributed by atoms with Crippen LogP contribution >= 0.6 is 0 Å². The van der Waals surface area contributed by atoms with Crippen molar-refractivity contribution >= 4 is 11.8 Å². The number of carbonyl (C=O) groups is 2. The van der Waals surface area contributed by atoms with Crippen LogP contribution in [0.5, 0.6) is 11.5 Å². The molecular weight excluding hydrogens is 324 g/mol. The van der Waals surface area contributed by atoms with E-state index in [1.807, 2.05) is 18.2 Å². The first kappa shape index (κ1) is 16.2. The van der Waals surface area contributed by atoms with Gasteiger partial charge in [-0.1, -0.05) is 6.07 Å². The number of carbonyl (C=O) groups excluding carboxylic acids is 2. The molecule has 1 aromatic rings. The van der Waals surface area contributed by atoms with Gasteiger partial charge >= 0.3 is 0 Å². The Labute approximate surface area is 146 Å². The molecule has 1 aromatic carbocycles. The normalized spacial score (nSPS) is 22.6. The Bertz CT molecular complexity index is 671. The smallest absolute Gasteiger partial charge is 0.242 e. The minimum absolute atomic E-state index is 0.0139. The van der Waals surface area contributed by atoms with Gasteiger partial charge in [0.05, 0.1) is 6.54 Å². The minimum Gasteiger partial charge on any atom is -0.454 e. The molecule has 7 nitrogen and oxygen atoms in total. The highest BCUT2D eigenvalue weighted by atomic mass is 16.7. The zero-order valence-corrected chi connectivity index (χ0v) is 14.1. The highest BCUT2D eigenvalue weighted by molar-refractivity contribution is 5.86. The maximum Gasteiger partial charge on any atom is 0.242 e. The molecule has 25 heavy (non-hydrogen) atoms. The summed E-state index contributed by atoms with van der Waals surface area (Å²) in [6.07, 6.45) is 1.42. The van der Waals surface area contributed by atoms with Gasteiger partial charge in [-0.05, 0) is 30.0 Å². The van der Waals surface area contributed by atoms with E-state index in [0.29, 0.717) is 38.6 Å². The Morgan fingerprint density at radius 2 is 2.08 bits per heavy atom. The average molecular weight is 346 g/mol. The van der Waals surface area contributed by atoms with E-state index < -0.39 is 0 Å². The van der Waals surface area contributed by atoms with Crippen LogP contribution in [0.1, 0.15) is 18.4 Å². The van der Waals surface area contributed by atoms with Crippen LogP contribution in [0, 0.1) is 5.92 Å². The molecule has 0 aromatic heterocycles. The van der Waals surface area contributed by atoms with Gasteiger partial charge in [0, 0.05) is 39.3 Å². The maximum atomic E-state index is 12.4. The van der Waals surface area contributed by atoms with Crippen molar-refractivity contribution in [2.24, 2.45) is 5.92 Å². The molecule has 0 bridgehead atoms. The van der Waals surface area contributed by atoms with Crippen LogP contribution in [0.25, 0.3) is 0 Å². The second kappa shape index (κ2) is 6.92. The number of hydrogen-bond donors (Lipinski definition) is 0. The van der Waals surface area contributed by atoms with Crippen molar-refractivity contribution in [2.45, 2.75) is 19.4 Å². The maximum absolute atomic E-state index is 12.4. The molecule has 2 fully saturated rings. The van der Waals surface area contributed by atoms with Crippen LogP contribution in [0.4, 0.5) is 0 Å². The fraction of sp³-hybridized carbons (Fsp3) is 0.556. The van der Waals surface area contributed by atoms with Crippen molar-refractivity contribution in [2.75, 3.05) is 39.6 Å². The lowest BCUT2D eigenvalue weighted by Crippen LogP contribution is -2.52. The Morgan fingerprint density at radius 3 is 2.88 bits per heavy atom. The third kappa shape index (κ3) is 3.56. The molecule has 0 aliphatic carbocycles. The molecule has 0 saturated carbocycles. The predicted octanol–water partition coefficient (Wildman–Crippen LogP) is 1.01. The van der Waals surface area contributed by atoms with Gasteiger partial charge in [-0.15, -0.1) is 0 Å². The molecule has 0 spiro atoms. The lowest BCUT2D eigenvalue weighted by Gasteiger charge is -2.34. The summed E-state index contributed by atoms with van der Waals surface area (Å²) in [7, 11) is 0. The number of hydrogen-bond acceptors (Lipinski definition) is 5. The molecule has 0 N–H and O–H groups in total. The molecule has 2 amide bonds. The Balaban J connectivity index is 1.32. The van der Waals surface area contributed by atoms with Gasteiger partial charge in [0.1, 0.15) is 0 Å². The lowest BCUT2D eigenvalue weighted by atomic mass is 10.0. The molecular formula is C18H22N2O5. The largest absolute Gasteiger partial charge is 0.454 e. The van der Waals surface area contributed by atoms with Crippen molar-refractivity contribution in [3.05, 3.63) is 23.8 Å². The number of amides is 2. The number of nitrogens with zero attached hydrogens (tertiary/aromatic N) is 2. The van der Waals surface area contributed by atoms with Gasteiger partial charge in [-0.3, -0.25) is 9.59 Å². The Morgan fingerprint density at radius 1 is 1.20 bits per heavy atom. The molecule has 0 radical (unpaired) electrons. The van der Waals surface area contributed by atoms with Gasteiger partial charge < -0.3 is 24.0 Å². The molecule has 4 rings (SSSR count). The summed E-state index contributed by atoms with van der Waals surface area (Å²) in [6, 6.07) is 5.72. The van der Waals surface area contributed by atoms with E-state index in [0.717, 1.165) is 30.1 Å². The summed E-state index contributed by atoms with van der Waals surface area (Å²) in [5.74, 6) is 1.81. The van der Waals surface area contributed by atoms with Gasteiger partial charge in [-0.2, -0.15) is 0 Å². The molecule has 3 aliphatic heterocycles. The Kier molecular flexibility index (Phi) is 4.48. The second-order valence-corrected chi connectivity index (χ2v) is 6.75. The molecule has 2 saturated heterocycles. The first-order valence-electron chi connectivity index (χ1n) is 8.71. The monoisotopic (exact) mass is 346 g/mol. The Hall–Kier alpha value is -2.28. The van der Waals surface area contributed by atoms with Crippen LogP contribution in [-0.2, 0) is 20.9 Å². The van der Waals surface area contributed by atoms with Crippen LogP contribution in [0.2, 0.25) is 0 Å². The van der Waals surface area contributed by atoms with Crippen LogP contribution in [0.3, 0.4) is 0 Å². The van der Waals surface area contributed by atoms with E-state index in [2.05, 4.69) is 0 Å². The summed E-state index contributed by atoms with van der Waals surface area (Å²) >= 11 is 0. The van der Waals surface area contributed by atoms with Crippen molar-refractivity contribution < 1.29 is 23.8 Å². The molecule has 3 heterocycles. The van der Waals surface area contributed by atoms with Crippen LogP contribution < -0.4 is 9.47 Å². The van der Waals surface area contributed by atoms with Gasteiger partial charge in [0.15, 0.2) is 11.5 Å². The first-order chi connectivity index (χ1) is 12.2. The van der Waals surface area contributed by atoms with Crippen molar-refractivity contribution in [3.8, 4) is 11.5 Å². The number of piperazine rings is 1. The zero-order chi connectivity index (χ0) is 17.2. The highest BCUT2D eigenvalue weighted by Gasteiger charge is 2.29. The third-order valence-corrected chi connectivity index (χ3v) is 4.97.